The molecule has 1 N–H and O–H groups in total. The minimum absolute atomic E-state index is 0.346. The lowest BCUT2D eigenvalue weighted by Crippen LogP contribution is -2.39. The lowest BCUT2D eigenvalue weighted by atomic mass is 9.92. The Morgan fingerprint density at radius 3 is 2.80 bits per heavy atom. The second-order valence-electron chi connectivity index (χ2n) is 7.68. The van der Waals surface area contributed by atoms with Crippen LogP contribution in [-0.4, -0.2) is 46.9 Å². The molecule has 1 aromatic carbocycles. The Labute approximate surface area is 150 Å². The number of carbonyl (C=O) groups excluding carboxylic acids is 1. The highest BCUT2D eigenvalue weighted by molar-refractivity contribution is 5.85. The third-order valence-electron chi connectivity index (χ3n) is 5.95. The highest BCUT2D eigenvalue weighted by atomic mass is 16.2. The van der Waals surface area contributed by atoms with Gasteiger partial charge in [0.25, 0.3) is 0 Å². The van der Waals surface area contributed by atoms with Gasteiger partial charge in [0.15, 0.2) is 0 Å². The highest BCUT2D eigenvalue weighted by Gasteiger charge is 2.27. The molecule has 134 valence electrons. The quantitative estimate of drug-likeness (QED) is 0.925. The molecule has 25 heavy (non-hydrogen) atoms. The Bertz CT molecular complexity index is 743. The van der Waals surface area contributed by atoms with Crippen LogP contribution in [0.5, 0.6) is 0 Å². The van der Waals surface area contributed by atoms with E-state index in [0.29, 0.717) is 11.8 Å². The highest BCUT2D eigenvalue weighted by Crippen LogP contribution is 2.29. The van der Waals surface area contributed by atoms with Gasteiger partial charge in [-0.15, -0.1) is 0 Å². The fourth-order valence-corrected chi connectivity index (χ4v) is 4.51. The van der Waals surface area contributed by atoms with Crippen molar-refractivity contribution in [2.24, 2.45) is 5.92 Å². The van der Waals surface area contributed by atoms with Crippen LogP contribution in [0.1, 0.15) is 43.9 Å². The molecule has 4 heteroatoms. The summed E-state index contributed by atoms with van der Waals surface area (Å²) < 4.78 is 0. The number of likely N-dealkylation sites (tertiary alicyclic amines) is 1. The Hall–Kier alpha value is -1.81. The van der Waals surface area contributed by atoms with Crippen molar-refractivity contribution in [2.45, 2.75) is 45.6 Å². The first-order valence-electron chi connectivity index (χ1n) is 9.83. The normalized spacial score (nSPS) is 19.3. The summed E-state index contributed by atoms with van der Waals surface area (Å²) in [5.74, 6) is 0.919. The maximum atomic E-state index is 12.8. The third kappa shape index (κ3) is 3.45. The SMILES string of the molecule is CCCN1CCC(CC(=O)N2CCc3c([nH]c4ccccc34)C2)CC1. The summed E-state index contributed by atoms with van der Waals surface area (Å²) in [4.78, 5) is 20.9. The smallest absolute Gasteiger partial charge is 0.223 e. The zero-order valence-corrected chi connectivity index (χ0v) is 15.3. The molecule has 0 aliphatic carbocycles. The van der Waals surface area contributed by atoms with E-state index in [9.17, 15) is 4.79 Å². The zero-order chi connectivity index (χ0) is 17.2. The maximum Gasteiger partial charge on any atom is 0.223 e. The second-order valence-corrected chi connectivity index (χ2v) is 7.68. The molecule has 0 radical (unpaired) electrons. The predicted octanol–water partition coefficient (Wildman–Crippen LogP) is 3.56. The number of aromatic nitrogens is 1. The molecule has 0 bridgehead atoms. The van der Waals surface area contributed by atoms with Gasteiger partial charge in [-0.2, -0.15) is 0 Å². The molecule has 4 rings (SSSR count). The fraction of sp³-hybridized carbons (Fsp3) is 0.571. The number of fused-ring (bicyclic) bond motifs is 3. The Morgan fingerprint density at radius 1 is 1.20 bits per heavy atom. The van der Waals surface area contributed by atoms with Crippen molar-refractivity contribution < 1.29 is 4.79 Å². The van der Waals surface area contributed by atoms with Crippen LogP contribution >= 0.6 is 0 Å². The molecule has 1 aromatic heterocycles. The van der Waals surface area contributed by atoms with Gasteiger partial charge in [0, 0.05) is 29.6 Å². The van der Waals surface area contributed by atoms with E-state index >= 15 is 0 Å². The molecule has 1 fully saturated rings. The lowest BCUT2D eigenvalue weighted by molar-refractivity contribution is -0.133. The third-order valence-corrected chi connectivity index (χ3v) is 5.95. The number of H-pyrrole nitrogens is 1. The van der Waals surface area contributed by atoms with Crippen LogP contribution in [0.2, 0.25) is 0 Å². The number of para-hydroxylation sites is 1. The number of carbonyl (C=O) groups is 1. The number of amides is 1. The summed E-state index contributed by atoms with van der Waals surface area (Å²) in [5, 5.41) is 1.33. The van der Waals surface area contributed by atoms with E-state index in [1.54, 1.807) is 0 Å². The topological polar surface area (TPSA) is 39.3 Å². The maximum absolute atomic E-state index is 12.8. The molecule has 2 aliphatic heterocycles. The molecule has 4 nitrogen and oxygen atoms in total. The Balaban J connectivity index is 1.36. The summed E-state index contributed by atoms with van der Waals surface area (Å²) in [6, 6.07) is 8.48. The van der Waals surface area contributed by atoms with Gasteiger partial charge in [0.1, 0.15) is 0 Å². The molecule has 0 spiro atoms. The summed E-state index contributed by atoms with van der Waals surface area (Å²) in [6.45, 7) is 7.38. The van der Waals surface area contributed by atoms with Crippen LogP contribution < -0.4 is 0 Å². The van der Waals surface area contributed by atoms with Crippen LogP contribution in [0.15, 0.2) is 24.3 Å². The van der Waals surface area contributed by atoms with E-state index in [1.165, 1.54) is 48.0 Å². The fourth-order valence-electron chi connectivity index (χ4n) is 4.51. The monoisotopic (exact) mass is 339 g/mol. The number of hydrogen-bond acceptors (Lipinski definition) is 2. The van der Waals surface area contributed by atoms with Crippen LogP contribution in [0, 0.1) is 5.92 Å². The summed E-state index contributed by atoms with van der Waals surface area (Å²) in [6.07, 6.45) is 5.29. The first-order valence-corrected chi connectivity index (χ1v) is 9.83. The number of nitrogens with zero attached hydrogens (tertiary/aromatic N) is 2. The van der Waals surface area contributed by atoms with E-state index in [1.807, 2.05) is 0 Å². The van der Waals surface area contributed by atoms with Crippen LogP contribution in [-0.2, 0) is 17.8 Å². The molecule has 0 atom stereocenters. The van der Waals surface area contributed by atoms with Crippen molar-refractivity contribution >= 4 is 16.8 Å². The van der Waals surface area contributed by atoms with Crippen molar-refractivity contribution in [1.29, 1.82) is 0 Å². The standard InChI is InChI=1S/C21H29N3O/c1-2-10-23-11-7-16(8-12-23)14-21(25)24-13-9-18-17-5-3-4-6-19(17)22-20(18)15-24/h3-6,16,22H,2,7-15H2,1H3. The second kappa shape index (κ2) is 7.20. The van der Waals surface area contributed by atoms with Gasteiger partial charge in [-0.3, -0.25) is 4.79 Å². The molecular weight excluding hydrogens is 310 g/mol. The minimum Gasteiger partial charge on any atom is -0.357 e. The average molecular weight is 339 g/mol. The van der Waals surface area contributed by atoms with Crippen LogP contribution in [0.4, 0.5) is 0 Å². The number of rotatable bonds is 4. The molecule has 1 saturated heterocycles. The molecule has 2 aliphatic rings. The van der Waals surface area contributed by atoms with Crippen molar-refractivity contribution in [3.63, 3.8) is 0 Å². The van der Waals surface area contributed by atoms with Crippen molar-refractivity contribution in [3.8, 4) is 0 Å². The first kappa shape index (κ1) is 16.6. The Kier molecular flexibility index (Phi) is 4.80. The Morgan fingerprint density at radius 2 is 2.00 bits per heavy atom. The van der Waals surface area contributed by atoms with E-state index < -0.39 is 0 Å². The molecule has 3 heterocycles. The summed E-state index contributed by atoms with van der Waals surface area (Å²) in [5.41, 5.74) is 3.84. The van der Waals surface area contributed by atoms with Gasteiger partial charge in [-0.05, 0) is 62.9 Å². The number of aromatic amines is 1. The largest absolute Gasteiger partial charge is 0.357 e. The molecule has 2 aromatic rings. The number of benzene rings is 1. The van der Waals surface area contributed by atoms with E-state index in [0.717, 1.165) is 39.0 Å². The van der Waals surface area contributed by atoms with Crippen molar-refractivity contribution in [3.05, 3.63) is 35.5 Å². The lowest BCUT2D eigenvalue weighted by Gasteiger charge is -2.33. The molecule has 0 unspecified atom stereocenters. The molecule has 0 saturated carbocycles. The predicted molar refractivity (Wildman–Crippen MR) is 101 cm³/mol. The van der Waals surface area contributed by atoms with Crippen molar-refractivity contribution in [1.82, 2.24) is 14.8 Å². The molecule has 1 amide bonds. The van der Waals surface area contributed by atoms with Crippen LogP contribution in [0.3, 0.4) is 0 Å². The average Bonchev–Trinajstić information content (AvgIpc) is 3.01. The van der Waals surface area contributed by atoms with Gasteiger partial charge >= 0.3 is 0 Å². The van der Waals surface area contributed by atoms with E-state index in [-0.39, 0.29) is 0 Å². The first-order chi connectivity index (χ1) is 12.2. The minimum atomic E-state index is 0.346. The van der Waals surface area contributed by atoms with E-state index in [2.05, 4.69) is 46.0 Å². The van der Waals surface area contributed by atoms with Gasteiger partial charge < -0.3 is 14.8 Å². The summed E-state index contributed by atoms with van der Waals surface area (Å²) >= 11 is 0. The van der Waals surface area contributed by atoms with Gasteiger partial charge in [-0.1, -0.05) is 25.1 Å². The van der Waals surface area contributed by atoms with Gasteiger partial charge in [0.05, 0.1) is 6.54 Å². The number of nitrogens with one attached hydrogen (secondary N) is 1. The molecular formula is C21H29N3O. The van der Waals surface area contributed by atoms with E-state index in [4.69, 9.17) is 0 Å². The summed E-state index contributed by atoms with van der Waals surface area (Å²) in [7, 11) is 0. The van der Waals surface area contributed by atoms with Gasteiger partial charge in [0.2, 0.25) is 5.91 Å². The van der Waals surface area contributed by atoms with Gasteiger partial charge in [-0.25, -0.2) is 0 Å². The van der Waals surface area contributed by atoms with Crippen molar-refractivity contribution in [2.75, 3.05) is 26.2 Å². The van der Waals surface area contributed by atoms with Crippen LogP contribution in [0.25, 0.3) is 10.9 Å². The number of piperidine rings is 1. The number of hydrogen-bond donors (Lipinski definition) is 1. The zero-order valence-electron chi connectivity index (χ0n) is 15.3.